The van der Waals surface area contributed by atoms with Crippen molar-refractivity contribution in [3.8, 4) is 16.9 Å². The van der Waals surface area contributed by atoms with Crippen LogP contribution in [-0.4, -0.2) is 12.9 Å². The number of aldehydes is 1. The summed E-state index contributed by atoms with van der Waals surface area (Å²) < 4.78 is 5.53. The number of ether oxygens (including phenoxy) is 1. The first-order chi connectivity index (χ1) is 8.85. The van der Waals surface area contributed by atoms with Crippen LogP contribution < -0.4 is 4.74 Å². The highest BCUT2D eigenvalue weighted by Crippen LogP contribution is 2.24. The van der Waals surface area contributed by atoms with Crippen molar-refractivity contribution in [1.82, 2.24) is 0 Å². The summed E-state index contributed by atoms with van der Waals surface area (Å²) >= 11 is 0. The Bertz CT molecular complexity index is 515. The van der Waals surface area contributed by atoms with E-state index in [1.807, 2.05) is 48.5 Å². The molecule has 0 aromatic heterocycles. The van der Waals surface area contributed by atoms with Gasteiger partial charge in [0.1, 0.15) is 5.75 Å². The zero-order valence-electron chi connectivity index (χ0n) is 10.4. The lowest BCUT2D eigenvalue weighted by Crippen LogP contribution is -1.94. The van der Waals surface area contributed by atoms with E-state index in [1.165, 1.54) is 0 Å². The second-order valence-corrected chi connectivity index (χ2v) is 4.08. The zero-order chi connectivity index (χ0) is 12.8. The van der Waals surface area contributed by atoms with Crippen molar-refractivity contribution in [2.75, 3.05) is 6.61 Å². The molecule has 0 bridgehead atoms. The van der Waals surface area contributed by atoms with E-state index in [0.717, 1.165) is 36.2 Å². The van der Waals surface area contributed by atoms with Gasteiger partial charge in [-0.15, -0.1) is 0 Å². The van der Waals surface area contributed by atoms with Gasteiger partial charge in [-0.2, -0.15) is 0 Å². The van der Waals surface area contributed by atoms with E-state index in [9.17, 15) is 4.79 Å². The van der Waals surface area contributed by atoms with Crippen molar-refractivity contribution in [2.24, 2.45) is 0 Å². The van der Waals surface area contributed by atoms with Crippen molar-refractivity contribution >= 4 is 6.29 Å². The molecular weight excluding hydrogens is 224 g/mol. The van der Waals surface area contributed by atoms with Crippen LogP contribution in [0, 0.1) is 0 Å². The molecule has 0 saturated heterocycles. The fourth-order valence-electron chi connectivity index (χ4n) is 1.81. The van der Waals surface area contributed by atoms with Gasteiger partial charge in [0.15, 0.2) is 6.29 Å². The van der Waals surface area contributed by atoms with Crippen LogP contribution in [-0.2, 0) is 0 Å². The molecule has 0 radical (unpaired) electrons. The summed E-state index contributed by atoms with van der Waals surface area (Å²) in [4.78, 5) is 11.0. The summed E-state index contributed by atoms with van der Waals surface area (Å²) in [5.74, 6) is 0.865. The molecule has 0 aliphatic carbocycles. The van der Waals surface area contributed by atoms with Crippen LogP contribution in [0.1, 0.15) is 23.7 Å². The minimum absolute atomic E-state index is 0.708. The Morgan fingerprint density at radius 1 is 1.06 bits per heavy atom. The molecule has 0 spiro atoms. The van der Waals surface area contributed by atoms with Gasteiger partial charge in [0.25, 0.3) is 0 Å². The van der Waals surface area contributed by atoms with Gasteiger partial charge in [0.05, 0.1) is 6.61 Å². The number of hydrogen-bond acceptors (Lipinski definition) is 2. The maximum atomic E-state index is 11.0. The van der Waals surface area contributed by atoms with Crippen LogP contribution in [0.25, 0.3) is 11.1 Å². The second kappa shape index (κ2) is 6.01. The first-order valence-corrected chi connectivity index (χ1v) is 6.12. The normalized spacial score (nSPS) is 10.1. The highest BCUT2D eigenvalue weighted by Gasteiger charge is 2.03. The van der Waals surface area contributed by atoms with Gasteiger partial charge in [0, 0.05) is 5.56 Å². The third-order valence-corrected chi connectivity index (χ3v) is 2.73. The molecule has 0 amide bonds. The smallest absolute Gasteiger partial charge is 0.150 e. The molecule has 2 rings (SSSR count). The molecule has 0 aliphatic heterocycles. The minimum Gasteiger partial charge on any atom is -0.494 e. The number of carbonyl (C=O) groups is 1. The first-order valence-electron chi connectivity index (χ1n) is 6.12. The molecule has 0 heterocycles. The van der Waals surface area contributed by atoms with Gasteiger partial charge in [-0.05, 0) is 29.7 Å². The Morgan fingerprint density at radius 2 is 1.78 bits per heavy atom. The third-order valence-electron chi connectivity index (χ3n) is 2.73. The summed E-state index contributed by atoms with van der Waals surface area (Å²) in [6.07, 6.45) is 1.88. The van der Waals surface area contributed by atoms with Crippen LogP contribution in [0.2, 0.25) is 0 Å². The predicted octanol–water partition coefficient (Wildman–Crippen LogP) is 3.95. The Kier molecular flexibility index (Phi) is 4.13. The van der Waals surface area contributed by atoms with Crippen molar-refractivity contribution in [3.63, 3.8) is 0 Å². The van der Waals surface area contributed by atoms with Crippen molar-refractivity contribution in [3.05, 3.63) is 54.1 Å². The molecule has 0 saturated carbocycles. The van der Waals surface area contributed by atoms with E-state index >= 15 is 0 Å². The Morgan fingerprint density at radius 3 is 2.44 bits per heavy atom. The summed E-state index contributed by atoms with van der Waals surface area (Å²) in [6, 6.07) is 15.4. The van der Waals surface area contributed by atoms with Crippen LogP contribution in [0.4, 0.5) is 0 Å². The molecule has 0 aliphatic rings. The van der Waals surface area contributed by atoms with Gasteiger partial charge >= 0.3 is 0 Å². The number of rotatable bonds is 5. The standard InChI is InChI=1S/C16H16O2/c1-2-11-18-15-9-7-13(8-10-15)16-6-4-3-5-14(16)12-17/h3-10,12H,2,11H2,1H3. The highest BCUT2D eigenvalue weighted by atomic mass is 16.5. The summed E-state index contributed by atoms with van der Waals surface area (Å²) in [6.45, 7) is 2.80. The quantitative estimate of drug-likeness (QED) is 0.739. The van der Waals surface area contributed by atoms with E-state index in [0.29, 0.717) is 5.56 Å². The fourth-order valence-corrected chi connectivity index (χ4v) is 1.81. The number of hydrogen-bond donors (Lipinski definition) is 0. The predicted molar refractivity (Wildman–Crippen MR) is 73.1 cm³/mol. The average molecular weight is 240 g/mol. The van der Waals surface area contributed by atoms with E-state index in [2.05, 4.69) is 6.92 Å². The molecule has 2 aromatic rings. The van der Waals surface area contributed by atoms with Crippen molar-refractivity contribution in [2.45, 2.75) is 13.3 Å². The largest absolute Gasteiger partial charge is 0.494 e. The molecule has 18 heavy (non-hydrogen) atoms. The van der Waals surface area contributed by atoms with Gasteiger partial charge < -0.3 is 4.74 Å². The lowest BCUT2D eigenvalue weighted by Gasteiger charge is -2.07. The lowest BCUT2D eigenvalue weighted by atomic mass is 10.0. The Balaban J connectivity index is 2.26. The van der Waals surface area contributed by atoms with Crippen molar-refractivity contribution < 1.29 is 9.53 Å². The SMILES string of the molecule is CCCOc1ccc(-c2ccccc2C=O)cc1. The molecule has 0 fully saturated rings. The van der Waals surface area contributed by atoms with E-state index in [4.69, 9.17) is 4.74 Å². The van der Waals surface area contributed by atoms with Gasteiger partial charge in [-0.25, -0.2) is 0 Å². The van der Waals surface area contributed by atoms with Crippen LogP contribution in [0.15, 0.2) is 48.5 Å². The van der Waals surface area contributed by atoms with Crippen molar-refractivity contribution in [1.29, 1.82) is 0 Å². The summed E-state index contributed by atoms with van der Waals surface area (Å²) in [7, 11) is 0. The highest BCUT2D eigenvalue weighted by molar-refractivity contribution is 5.87. The molecule has 0 N–H and O–H groups in total. The first kappa shape index (κ1) is 12.4. The minimum atomic E-state index is 0.708. The Labute approximate surface area is 107 Å². The van der Waals surface area contributed by atoms with Crippen LogP contribution >= 0.6 is 0 Å². The van der Waals surface area contributed by atoms with Crippen LogP contribution in [0.3, 0.4) is 0 Å². The van der Waals surface area contributed by atoms with Gasteiger partial charge in [-0.1, -0.05) is 43.3 Å². The monoisotopic (exact) mass is 240 g/mol. The Hall–Kier alpha value is -2.09. The molecule has 0 atom stereocenters. The summed E-state index contributed by atoms with van der Waals surface area (Å²) in [5.41, 5.74) is 2.69. The van der Waals surface area contributed by atoms with E-state index < -0.39 is 0 Å². The topological polar surface area (TPSA) is 26.3 Å². The molecule has 2 heteroatoms. The molecule has 2 nitrogen and oxygen atoms in total. The number of carbonyl (C=O) groups excluding carboxylic acids is 1. The molecule has 2 aromatic carbocycles. The van der Waals surface area contributed by atoms with Crippen LogP contribution in [0.5, 0.6) is 5.75 Å². The van der Waals surface area contributed by atoms with Gasteiger partial charge in [-0.3, -0.25) is 4.79 Å². The molecule has 92 valence electrons. The molecule has 0 unspecified atom stereocenters. The lowest BCUT2D eigenvalue weighted by molar-refractivity contribution is 0.112. The maximum Gasteiger partial charge on any atom is 0.150 e. The molecular formula is C16H16O2. The average Bonchev–Trinajstić information content (AvgIpc) is 2.45. The van der Waals surface area contributed by atoms with E-state index in [-0.39, 0.29) is 0 Å². The maximum absolute atomic E-state index is 11.0. The summed E-state index contributed by atoms with van der Waals surface area (Å²) in [5, 5.41) is 0. The second-order valence-electron chi connectivity index (χ2n) is 4.08. The van der Waals surface area contributed by atoms with E-state index in [1.54, 1.807) is 0 Å². The zero-order valence-corrected chi connectivity index (χ0v) is 10.4. The third kappa shape index (κ3) is 2.77. The number of benzene rings is 2. The van der Waals surface area contributed by atoms with Gasteiger partial charge in [0.2, 0.25) is 0 Å². The fraction of sp³-hybridized carbons (Fsp3) is 0.188.